The molecule has 2 aromatic carbocycles. The zero-order valence-corrected chi connectivity index (χ0v) is 16.4. The van der Waals surface area contributed by atoms with E-state index in [1.807, 2.05) is 54.6 Å². The minimum atomic E-state index is -1.46. The molecule has 0 saturated carbocycles. The molecule has 0 N–H and O–H groups in total. The van der Waals surface area contributed by atoms with Crippen LogP contribution in [-0.4, -0.2) is 21.2 Å². The summed E-state index contributed by atoms with van der Waals surface area (Å²) in [6.07, 6.45) is 2.28. The molecule has 0 radical (unpaired) electrons. The molecule has 0 aromatic heterocycles. The minimum Gasteiger partial charge on any atom is -0.497 e. The van der Waals surface area contributed by atoms with E-state index in [9.17, 15) is 4.79 Å². The van der Waals surface area contributed by atoms with E-state index in [4.69, 9.17) is 9.47 Å². The van der Waals surface area contributed by atoms with Crippen LogP contribution in [0, 0.1) is 0 Å². The normalized spacial score (nSPS) is 12.3. The van der Waals surface area contributed by atoms with Gasteiger partial charge >= 0.3 is 5.97 Å². The number of carbonyl (C=O) groups is 1. The molecule has 0 aliphatic carbocycles. The monoisotopic (exact) mass is 354 g/mol. The van der Waals surface area contributed by atoms with Crippen LogP contribution in [0.2, 0.25) is 25.2 Å². The first kappa shape index (κ1) is 19.0. The summed E-state index contributed by atoms with van der Waals surface area (Å²) in [5, 5.41) is 0. The van der Waals surface area contributed by atoms with Gasteiger partial charge in [-0.25, -0.2) is 0 Å². The summed E-state index contributed by atoms with van der Waals surface area (Å²) in [6, 6.07) is 15.4. The molecule has 25 heavy (non-hydrogen) atoms. The van der Waals surface area contributed by atoms with Crippen LogP contribution < -0.4 is 9.47 Å². The Morgan fingerprint density at radius 3 is 1.88 bits per heavy atom. The molecule has 132 valence electrons. The number of carbonyl (C=O) groups excluding carboxylic acids is 1. The number of rotatable bonds is 7. The smallest absolute Gasteiger partial charge is 0.311 e. The summed E-state index contributed by atoms with van der Waals surface area (Å²) in [7, 11) is 0.193. The van der Waals surface area contributed by atoms with Crippen LogP contribution in [-0.2, 0) is 4.79 Å². The van der Waals surface area contributed by atoms with Gasteiger partial charge in [0.05, 0.1) is 15.2 Å². The number of methoxy groups -OCH3 is 1. The molecule has 4 heteroatoms. The largest absolute Gasteiger partial charge is 0.497 e. The van der Waals surface area contributed by atoms with Crippen LogP contribution in [0.3, 0.4) is 0 Å². The van der Waals surface area contributed by atoms with Gasteiger partial charge in [-0.2, -0.15) is 0 Å². The molecular formula is C21H26O3Si. The summed E-state index contributed by atoms with van der Waals surface area (Å²) in [5.74, 6) is 1.19. The second-order valence-electron chi connectivity index (χ2n) is 7.14. The van der Waals surface area contributed by atoms with Gasteiger partial charge in [0, 0.05) is 6.42 Å². The SMILES string of the molecule is C=CC(CC(=O)Oc1ccc(-c2ccc(OC)cc2)cc1)[Si](C)(C)C. The summed E-state index contributed by atoms with van der Waals surface area (Å²) in [6.45, 7) is 10.6. The van der Waals surface area contributed by atoms with Gasteiger partial charge < -0.3 is 9.47 Å². The molecule has 0 amide bonds. The Kier molecular flexibility index (Phi) is 6.20. The molecule has 0 spiro atoms. The summed E-state index contributed by atoms with van der Waals surface area (Å²) in [4.78, 5) is 12.2. The molecule has 1 unspecified atom stereocenters. The molecule has 0 fully saturated rings. The Bertz CT molecular complexity index is 712. The average Bonchev–Trinajstić information content (AvgIpc) is 2.59. The topological polar surface area (TPSA) is 35.5 Å². The third-order valence-corrected chi connectivity index (χ3v) is 6.96. The van der Waals surface area contributed by atoms with Crippen molar-refractivity contribution in [3.05, 3.63) is 61.2 Å². The molecule has 0 bridgehead atoms. The first-order chi connectivity index (χ1) is 11.8. The second-order valence-corrected chi connectivity index (χ2v) is 12.6. The molecule has 0 saturated heterocycles. The van der Waals surface area contributed by atoms with Crippen molar-refractivity contribution in [3.8, 4) is 22.6 Å². The summed E-state index contributed by atoms with van der Waals surface area (Å²) < 4.78 is 10.7. The van der Waals surface area contributed by atoms with Gasteiger partial charge in [0.15, 0.2) is 0 Å². The number of hydrogen-bond acceptors (Lipinski definition) is 3. The zero-order chi connectivity index (χ0) is 18.4. The fourth-order valence-corrected chi connectivity index (χ4v) is 4.08. The molecule has 0 aliphatic rings. The molecule has 1 atom stereocenters. The van der Waals surface area contributed by atoms with E-state index in [1.165, 1.54) is 0 Å². The molecule has 2 rings (SSSR count). The van der Waals surface area contributed by atoms with Crippen molar-refractivity contribution in [1.29, 1.82) is 0 Å². The van der Waals surface area contributed by atoms with E-state index in [0.29, 0.717) is 12.2 Å². The van der Waals surface area contributed by atoms with Crippen LogP contribution in [0.25, 0.3) is 11.1 Å². The van der Waals surface area contributed by atoms with Crippen molar-refractivity contribution in [2.75, 3.05) is 7.11 Å². The summed E-state index contributed by atoms with van der Waals surface area (Å²) >= 11 is 0. The van der Waals surface area contributed by atoms with Gasteiger partial charge in [0.2, 0.25) is 0 Å². The second kappa shape index (κ2) is 8.16. The van der Waals surface area contributed by atoms with E-state index < -0.39 is 8.07 Å². The van der Waals surface area contributed by atoms with E-state index >= 15 is 0 Å². The van der Waals surface area contributed by atoms with Gasteiger partial charge in [0.25, 0.3) is 0 Å². The predicted octanol–water partition coefficient (Wildman–Crippen LogP) is 5.55. The Balaban J connectivity index is 2.02. The highest BCUT2D eigenvalue weighted by Gasteiger charge is 2.26. The number of esters is 1. The van der Waals surface area contributed by atoms with Crippen LogP contribution >= 0.6 is 0 Å². The number of benzene rings is 2. The standard InChI is InChI=1S/C21H26O3Si/c1-6-20(25(3,4)5)15-21(22)24-19-13-9-17(10-14-19)16-7-11-18(23-2)12-8-16/h6-14,20H,1,15H2,2-5H3. The van der Waals surface area contributed by atoms with E-state index in [1.54, 1.807) is 7.11 Å². The third-order valence-electron chi connectivity index (χ3n) is 4.29. The lowest BCUT2D eigenvalue weighted by Crippen LogP contribution is -2.29. The Hall–Kier alpha value is -2.33. The predicted molar refractivity (Wildman–Crippen MR) is 106 cm³/mol. The van der Waals surface area contributed by atoms with Crippen LogP contribution in [0.4, 0.5) is 0 Å². The lowest BCUT2D eigenvalue weighted by molar-refractivity contribution is -0.134. The zero-order valence-electron chi connectivity index (χ0n) is 15.4. The number of ether oxygens (including phenoxy) is 2. The molecule has 2 aromatic rings. The van der Waals surface area contributed by atoms with E-state index in [0.717, 1.165) is 16.9 Å². The highest BCUT2D eigenvalue weighted by atomic mass is 28.3. The van der Waals surface area contributed by atoms with Gasteiger partial charge in [-0.1, -0.05) is 50.0 Å². The van der Waals surface area contributed by atoms with Crippen LogP contribution in [0.5, 0.6) is 11.5 Å². The van der Waals surface area contributed by atoms with Crippen LogP contribution in [0.1, 0.15) is 6.42 Å². The van der Waals surface area contributed by atoms with Gasteiger partial charge in [-0.3, -0.25) is 4.79 Å². The van der Waals surface area contributed by atoms with Gasteiger partial charge in [0.1, 0.15) is 11.5 Å². The quantitative estimate of drug-likeness (QED) is 0.283. The summed E-state index contributed by atoms with van der Waals surface area (Å²) in [5.41, 5.74) is 2.37. The first-order valence-electron chi connectivity index (χ1n) is 8.41. The van der Waals surface area contributed by atoms with Crippen molar-refractivity contribution in [3.63, 3.8) is 0 Å². The highest BCUT2D eigenvalue weighted by Crippen LogP contribution is 2.28. The van der Waals surface area contributed by atoms with Crippen molar-refractivity contribution < 1.29 is 14.3 Å². The van der Waals surface area contributed by atoms with Crippen molar-refractivity contribution >= 4 is 14.0 Å². The molecule has 3 nitrogen and oxygen atoms in total. The molecule has 0 aliphatic heterocycles. The first-order valence-corrected chi connectivity index (χ1v) is 12.0. The minimum absolute atomic E-state index is 0.204. The number of allylic oxidation sites excluding steroid dienone is 1. The highest BCUT2D eigenvalue weighted by molar-refractivity contribution is 6.78. The maximum absolute atomic E-state index is 12.2. The fraction of sp³-hybridized carbons (Fsp3) is 0.286. The lowest BCUT2D eigenvalue weighted by atomic mass is 10.1. The third kappa shape index (κ3) is 5.33. The van der Waals surface area contributed by atoms with Crippen LogP contribution in [0.15, 0.2) is 61.2 Å². The van der Waals surface area contributed by atoms with Gasteiger partial charge in [-0.05, 0) is 40.9 Å². The Morgan fingerprint density at radius 2 is 1.48 bits per heavy atom. The number of hydrogen-bond donors (Lipinski definition) is 0. The Labute approximate surface area is 151 Å². The van der Waals surface area contributed by atoms with E-state index in [-0.39, 0.29) is 11.5 Å². The fourth-order valence-electron chi connectivity index (χ4n) is 2.59. The average molecular weight is 355 g/mol. The van der Waals surface area contributed by atoms with Gasteiger partial charge in [-0.15, -0.1) is 6.58 Å². The van der Waals surface area contributed by atoms with E-state index in [2.05, 4.69) is 26.2 Å². The maximum atomic E-state index is 12.2. The lowest BCUT2D eigenvalue weighted by Gasteiger charge is -2.24. The van der Waals surface area contributed by atoms with Crippen molar-refractivity contribution in [1.82, 2.24) is 0 Å². The molecule has 0 heterocycles. The molecular weight excluding hydrogens is 328 g/mol. The Morgan fingerprint density at radius 1 is 1.00 bits per heavy atom. The van der Waals surface area contributed by atoms with Crippen molar-refractivity contribution in [2.45, 2.75) is 31.6 Å². The maximum Gasteiger partial charge on any atom is 0.311 e. The van der Waals surface area contributed by atoms with Crippen molar-refractivity contribution in [2.24, 2.45) is 0 Å².